The van der Waals surface area contributed by atoms with Gasteiger partial charge >= 0.3 is 0 Å². The third-order valence-electron chi connectivity index (χ3n) is 4.31. The normalized spacial score (nSPS) is 14.4. The summed E-state index contributed by atoms with van der Waals surface area (Å²) >= 11 is 0. The molecule has 3 radical (unpaired) electrons. The SMILES string of the molecule is COC(CCCCCCCC/C(O)=C1\C=CC=C1[Si])OC.[Fe].c1cc[cH-]c1. The number of methoxy groups -OCH3 is 2. The molecule has 5 heteroatoms. The molecule has 0 aliphatic heterocycles. The smallest absolute Gasteiger partial charge is 0.156 e. The van der Waals surface area contributed by atoms with Gasteiger partial charge in [0.1, 0.15) is 0 Å². The number of rotatable bonds is 11. The van der Waals surface area contributed by atoms with Gasteiger partial charge in [-0.3, -0.25) is 0 Å². The number of aliphatic hydroxyl groups excluding tert-OH is 1. The summed E-state index contributed by atoms with van der Waals surface area (Å²) in [5.74, 6) is 0.494. The Balaban J connectivity index is 0.000000969. The monoisotopic (exact) mass is 428 g/mol. The molecule has 151 valence electrons. The summed E-state index contributed by atoms with van der Waals surface area (Å²) in [7, 11) is 6.86. The number of hydrogen-bond acceptors (Lipinski definition) is 3. The maximum atomic E-state index is 10.0. The van der Waals surface area contributed by atoms with Crippen molar-refractivity contribution in [3.8, 4) is 0 Å². The Kier molecular flexibility index (Phi) is 16.5. The molecule has 0 spiro atoms. The van der Waals surface area contributed by atoms with E-state index in [9.17, 15) is 5.11 Å². The van der Waals surface area contributed by atoms with Gasteiger partial charge in [-0.15, -0.1) is 0 Å². The van der Waals surface area contributed by atoms with Crippen molar-refractivity contribution in [2.75, 3.05) is 14.2 Å². The number of ether oxygens (including phenoxy) is 2. The van der Waals surface area contributed by atoms with E-state index in [1.54, 1.807) is 14.2 Å². The van der Waals surface area contributed by atoms with Crippen molar-refractivity contribution in [1.82, 2.24) is 0 Å². The summed E-state index contributed by atoms with van der Waals surface area (Å²) in [5, 5.41) is 11.0. The minimum absolute atomic E-state index is 0. The topological polar surface area (TPSA) is 38.7 Å². The van der Waals surface area contributed by atoms with Gasteiger partial charge in [-0.05, 0) is 19.3 Å². The summed E-state index contributed by atoms with van der Waals surface area (Å²) < 4.78 is 10.3. The Morgan fingerprint density at radius 3 is 2.11 bits per heavy atom. The van der Waals surface area contributed by atoms with Crippen LogP contribution in [0.25, 0.3) is 0 Å². The number of unbranched alkanes of at least 4 members (excludes halogenated alkanes) is 5. The largest absolute Gasteiger partial charge is 0.512 e. The first-order valence-corrected chi connectivity index (χ1v) is 9.93. The van der Waals surface area contributed by atoms with Crippen molar-refractivity contribution >= 4 is 10.2 Å². The number of aliphatic hydroxyl groups is 1. The van der Waals surface area contributed by atoms with Crippen LogP contribution in [-0.4, -0.2) is 35.9 Å². The van der Waals surface area contributed by atoms with Gasteiger partial charge in [0.25, 0.3) is 0 Å². The Labute approximate surface area is 178 Å². The molecule has 0 amide bonds. The zero-order chi connectivity index (χ0) is 19.0. The van der Waals surface area contributed by atoms with Gasteiger partial charge in [0, 0.05) is 43.3 Å². The first-order valence-electron chi connectivity index (χ1n) is 9.43. The fourth-order valence-corrected chi connectivity index (χ4v) is 3.09. The van der Waals surface area contributed by atoms with Crippen LogP contribution in [0.2, 0.25) is 0 Å². The summed E-state index contributed by atoms with van der Waals surface area (Å²) in [4.78, 5) is 0. The quantitative estimate of drug-likeness (QED) is 0.165. The van der Waals surface area contributed by atoms with Crippen LogP contribution in [0.5, 0.6) is 0 Å². The van der Waals surface area contributed by atoms with E-state index < -0.39 is 0 Å². The van der Waals surface area contributed by atoms with E-state index in [-0.39, 0.29) is 23.4 Å². The molecular weight excluding hydrogens is 396 g/mol. The molecular formula is C22H32FeO3Si-. The fraction of sp³-hybridized carbons (Fsp3) is 0.500. The van der Waals surface area contributed by atoms with Gasteiger partial charge in [0.2, 0.25) is 0 Å². The second-order valence-corrected chi connectivity index (χ2v) is 6.86. The molecule has 1 aromatic rings. The molecule has 27 heavy (non-hydrogen) atoms. The van der Waals surface area contributed by atoms with E-state index in [4.69, 9.17) is 9.47 Å². The van der Waals surface area contributed by atoms with E-state index in [0.29, 0.717) is 5.76 Å². The Morgan fingerprint density at radius 2 is 1.63 bits per heavy atom. The van der Waals surface area contributed by atoms with E-state index in [1.165, 1.54) is 25.7 Å². The molecule has 1 N–H and O–H groups in total. The van der Waals surface area contributed by atoms with Crippen LogP contribution in [-0.2, 0) is 26.5 Å². The number of allylic oxidation sites excluding steroid dienone is 6. The maximum absolute atomic E-state index is 10.0. The molecule has 0 bridgehead atoms. The molecule has 0 aromatic heterocycles. The average Bonchev–Trinajstić information content (AvgIpc) is 3.35. The zero-order valence-corrected chi connectivity index (χ0v) is 18.6. The standard InChI is InChI=1S/C17H27O3Si.C5H5.Fe/c1-19-17(20-2)13-8-6-4-3-5-7-11-15(18)14-10-9-12-16(14)21;1-2-4-5-3-1;/h9-10,12,17-18H,3-8,11,13H2,1-2H3;1-5H;/q;-1;/b15-14-;;. The molecule has 1 aliphatic carbocycles. The third kappa shape index (κ3) is 12.2. The predicted molar refractivity (Wildman–Crippen MR) is 109 cm³/mol. The summed E-state index contributed by atoms with van der Waals surface area (Å²) in [5.41, 5.74) is 0.928. The molecule has 0 atom stereocenters. The van der Waals surface area contributed by atoms with E-state index in [0.717, 1.165) is 36.5 Å². The van der Waals surface area contributed by atoms with E-state index in [2.05, 4.69) is 10.2 Å². The molecule has 0 heterocycles. The van der Waals surface area contributed by atoms with Crippen molar-refractivity contribution in [1.29, 1.82) is 0 Å². The Hall–Kier alpha value is -0.974. The van der Waals surface area contributed by atoms with Crippen LogP contribution in [0, 0.1) is 0 Å². The van der Waals surface area contributed by atoms with Crippen molar-refractivity contribution in [2.45, 2.75) is 57.7 Å². The molecule has 0 unspecified atom stereocenters. The maximum Gasteiger partial charge on any atom is 0.156 e. The van der Waals surface area contributed by atoms with E-state index in [1.807, 2.05) is 48.6 Å². The minimum Gasteiger partial charge on any atom is -0.512 e. The van der Waals surface area contributed by atoms with Crippen molar-refractivity contribution in [3.63, 3.8) is 0 Å². The first kappa shape index (κ1) is 26.0. The number of hydrogen-bond donors (Lipinski definition) is 1. The van der Waals surface area contributed by atoms with Crippen molar-refractivity contribution in [2.24, 2.45) is 0 Å². The average molecular weight is 428 g/mol. The van der Waals surface area contributed by atoms with Crippen LogP contribution in [0.3, 0.4) is 0 Å². The van der Waals surface area contributed by atoms with Gasteiger partial charge in [-0.25, -0.2) is 12.1 Å². The van der Waals surface area contributed by atoms with Gasteiger partial charge in [-0.1, -0.05) is 49.1 Å². The first-order chi connectivity index (χ1) is 12.7. The molecule has 0 fully saturated rings. The third-order valence-corrected chi connectivity index (χ3v) is 4.75. The van der Waals surface area contributed by atoms with Crippen LogP contribution in [0.4, 0.5) is 0 Å². The molecule has 0 saturated carbocycles. The Bertz CT molecular complexity index is 529. The summed E-state index contributed by atoms with van der Waals surface area (Å²) in [6, 6.07) is 10.0. The van der Waals surface area contributed by atoms with Crippen molar-refractivity contribution in [3.05, 3.63) is 65.1 Å². The zero-order valence-electron chi connectivity index (χ0n) is 16.5. The van der Waals surface area contributed by atoms with Crippen LogP contribution in [0.15, 0.2) is 65.1 Å². The summed E-state index contributed by atoms with van der Waals surface area (Å²) in [6.45, 7) is 0. The molecule has 1 aromatic carbocycles. The van der Waals surface area contributed by atoms with Crippen LogP contribution in [0.1, 0.15) is 51.4 Å². The van der Waals surface area contributed by atoms with Gasteiger partial charge in [-0.2, -0.15) is 18.2 Å². The second kappa shape index (κ2) is 17.1. The van der Waals surface area contributed by atoms with Gasteiger partial charge < -0.3 is 14.6 Å². The summed E-state index contributed by atoms with van der Waals surface area (Å²) in [6.07, 6.45) is 14.5. The minimum atomic E-state index is -0.0561. The van der Waals surface area contributed by atoms with Gasteiger partial charge in [0.05, 0.1) is 16.0 Å². The molecule has 0 saturated heterocycles. The molecule has 3 nitrogen and oxygen atoms in total. The second-order valence-electron chi connectivity index (χ2n) is 6.32. The van der Waals surface area contributed by atoms with E-state index >= 15 is 0 Å². The Morgan fingerprint density at radius 1 is 1.04 bits per heavy atom. The predicted octanol–water partition coefficient (Wildman–Crippen LogP) is 5.56. The fourth-order valence-electron chi connectivity index (χ4n) is 2.77. The molecule has 2 rings (SSSR count). The van der Waals surface area contributed by atoms with Crippen LogP contribution < -0.4 is 0 Å². The van der Waals surface area contributed by atoms with Crippen molar-refractivity contribution < 1.29 is 31.6 Å². The van der Waals surface area contributed by atoms with Crippen LogP contribution >= 0.6 is 0 Å². The van der Waals surface area contributed by atoms with Gasteiger partial charge in [0.15, 0.2) is 6.29 Å². The molecule has 1 aliphatic rings.